The van der Waals surface area contributed by atoms with E-state index in [1.807, 2.05) is 0 Å². The molecule has 56 valence electrons. The third-order valence-electron chi connectivity index (χ3n) is 0.808. The van der Waals surface area contributed by atoms with Crippen LogP contribution in [0.15, 0.2) is 0 Å². The minimum atomic E-state index is -1.21. The second-order valence-corrected chi connectivity index (χ2v) is 1.80. The predicted octanol–water partition coefficient (Wildman–Crippen LogP) is -2.51. The van der Waals surface area contributed by atoms with Crippen molar-refractivity contribution in [1.82, 2.24) is 0 Å². The van der Waals surface area contributed by atoms with Gasteiger partial charge in [0.25, 0.3) is 0 Å². The first kappa shape index (κ1) is 8.80. The first-order valence-corrected chi connectivity index (χ1v) is 2.74. The fourth-order valence-corrected chi connectivity index (χ4v) is 0.308. The van der Waals surface area contributed by atoms with E-state index in [1.165, 1.54) is 0 Å². The van der Waals surface area contributed by atoms with E-state index in [1.54, 1.807) is 0 Å². The molecule has 0 unspecified atom stereocenters. The molecule has 0 rings (SSSR count). The molecule has 0 atom stereocenters. The SMILES string of the molecule is NCCOC(N)(N)CN. The molecule has 0 bridgehead atoms. The molecule has 5 heteroatoms. The highest BCUT2D eigenvalue weighted by molar-refractivity contribution is 4.63. The van der Waals surface area contributed by atoms with Gasteiger partial charge >= 0.3 is 0 Å². The normalized spacial score (nSPS) is 12.0. The van der Waals surface area contributed by atoms with E-state index in [2.05, 4.69) is 0 Å². The Kier molecular flexibility index (Phi) is 3.67. The number of hydrogen-bond donors (Lipinski definition) is 4. The highest BCUT2D eigenvalue weighted by atomic mass is 16.5. The summed E-state index contributed by atoms with van der Waals surface area (Å²) in [6, 6.07) is 0. The van der Waals surface area contributed by atoms with Crippen molar-refractivity contribution < 1.29 is 4.74 Å². The van der Waals surface area contributed by atoms with Gasteiger partial charge in [0.05, 0.1) is 6.61 Å². The van der Waals surface area contributed by atoms with E-state index in [-0.39, 0.29) is 6.54 Å². The zero-order valence-corrected chi connectivity index (χ0v) is 5.34. The lowest BCUT2D eigenvalue weighted by atomic mass is 10.4. The average Bonchev–Trinajstić information content (AvgIpc) is 1.84. The fraction of sp³-hybridized carbons (Fsp3) is 1.00. The topological polar surface area (TPSA) is 113 Å². The van der Waals surface area contributed by atoms with Crippen LogP contribution in [0.5, 0.6) is 0 Å². The zero-order chi connectivity index (χ0) is 7.33. The summed E-state index contributed by atoms with van der Waals surface area (Å²) in [5, 5.41) is 0. The molecule has 5 nitrogen and oxygen atoms in total. The lowest BCUT2D eigenvalue weighted by molar-refractivity contribution is -0.0254. The van der Waals surface area contributed by atoms with Crippen LogP contribution in [0, 0.1) is 0 Å². The van der Waals surface area contributed by atoms with Crippen LogP contribution in [0.1, 0.15) is 0 Å². The Bertz CT molecular complexity index is 75.0. The van der Waals surface area contributed by atoms with Crippen molar-refractivity contribution in [3.8, 4) is 0 Å². The van der Waals surface area contributed by atoms with E-state index >= 15 is 0 Å². The summed E-state index contributed by atoms with van der Waals surface area (Å²) in [5.41, 5.74) is 20.8. The summed E-state index contributed by atoms with van der Waals surface area (Å²) in [6.45, 7) is 0.827. The standard InChI is InChI=1S/C4H14N4O/c5-1-2-9-4(7,8)3-6/h1-3,5-8H2. The second kappa shape index (κ2) is 3.76. The van der Waals surface area contributed by atoms with Gasteiger partial charge in [-0.15, -0.1) is 0 Å². The van der Waals surface area contributed by atoms with Gasteiger partial charge in [0.2, 0.25) is 0 Å². The smallest absolute Gasteiger partial charge is 0.182 e. The van der Waals surface area contributed by atoms with Crippen LogP contribution in [-0.2, 0) is 4.74 Å². The Hall–Kier alpha value is -0.200. The first-order valence-electron chi connectivity index (χ1n) is 2.74. The molecule has 0 radical (unpaired) electrons. The molecule has 9 heavy (non-hydrogen) atoms. The van der Waals surface area contributed by atoms with Crippen LogP contribution in [-0.4, -0.2) is 25.5 Å². The van der Waals surface area contributed by atoms with Crippen LogP contribution in [0.4, 0.5) is 0 Å². The number of hydrogen-bond acceptors (Lipinski definition) is 5. The lowest BCUT2D eigenvalue weighted by Crippen LogP contribution is -2.58. The zero-order valence-electron chi connectivity index (χ0n) is 5.34. The van der Waals surface area contributed by atoms with Crippen molar-refractivity contribution in [2.75, 3.05) is 19.7 Å². The van der Waals surface area contributed by atoms with Gasteiger partial charge in [0, 0.05) is 13.1 Å². The molecule has 0 heterocycles. The average molecular weight is 134 g/mol. The Morgan fingerprint density at radius 1 is 1.22 bits per heavy atom. The van der Waals surface area contributed by atoms with Gasteiger partial charge in [0.15, 0.2) is 5.85 Å². The maximum Gasteiger partial charge on any atom is 0.182 e. The molecule has 0 aromatic carbocycles. The summed E-state index contributed by atoms with van der Waals surface area (Å²) < 4.78 is 4.83. The number of nitrogens with two attached hydrogens (primary N) is 4. The van der Waals surface area contributed by atoms with Crippen molar-refractivity contribution in [2.45, 2.75) is 5.85 Å². The summed E-state index contributed by atoms with van der Waals surface area (Å²) in [6.07, 6.45) is 0. The van der Waals surface area contributed by atoms with Gasteiger partial charge in [-0.2, -0.15) is 0 Å². The molecule has 0 aliphatic carbocycles. The second-order valence-electron chi connectivity index (χ2n) is 1.80. The van der Waals surface area contributed by atoms with Crippen molar-refractivity contribution >= 4 is 0 Å². The van der Waals surface area contributed by atoms with Gasteiger partial charge in [0.1, 0.15) is 0 Å². The summed E-state index contributed by atoms with van der Waals surface area (Å²) in [7, 11) is 0. The molecule has 0 saturated carbocycles. The van der Waals surface area contributed by atoms with E-state index in [0.29, 0.717) is 13.2 Å². The minimum absolute atomic E-state index is 0.0903. The highest BCUT2D eigenvalue weighted by Crippen LogP contribution is 1.87. The maximum atomic E-state index is 5.28. The van der Waals surface area contributed by atoms with Gasteiger partial charge in [-0.25, -0.2) is 0 Å². The van der Waals surface area contributed by atoms with Crippen molar-refractivity contribution in [3.05, 3.63) is 0 Å². The first-order chi connectivity index (χ1) is 4.12. The molecular formula is C4H14N4O. The highest BCUT2D eigenvalue weighted by Gasteiger charge is 2.15. The van der Waals surface area contributed by atoms with Gasteiger partial charge in [-0.3, -0.25) is 11.5 Å². The molecule has 0 aromatic heterocycles. The van der Waals surface area contributed by atoms with Crippen LogP contribution in [0.25, 0.3) is 0 Å². The third kappa shape index (κ3) is 4.31. The van der Waals surface area contributed by atoms with Crippen LogP contribution in [0.3, 0.4) is 0 Å². The van der Waals surface area contributed by atoms with Crippen LogP contribution in [0.2, 0.25) is 0 Å². The molecule has 0 fully saturated rings. The van der Waals surface area contributed by atoms with Gasteiger partial charge in [-0.1, -0.05) is 0 Å². The van der Waals surface area contributed by atoms with Gasteiger partial charge < -0.3 is 16.2 Å². The van der Waals surface area contributed by atoms with Crippen molar-refractivity contribution in [3.63, 3.8) is 0 Å². The monoisotopic (exact) mass is 134 g/mol. The van der Waals surface area contributed by atoms with Crippen LogP contribution < -0.4 is 22.9 Å². The van der Waals surface area contributed by atoms with E-state index in [0.717, 1.165) is 0 Å². The van der Waals surface area contributed by atoms with E-state index in [9.17, 15) is 0 Å². The Morgan fingerprint density at radius 3 is 2.11 bits per heavy atom. The van der Waals surface area contributed by atoms with E-state index in [4.69, 9.17) is 27.7 Å². The lowest BCUT2D eigenvalue weighted by Gasteiger charge is -2.21. The van der Waals surface area contributed by atoms with E-state index < -0.39 is 5.85 Å². The molecule has 0 aromatic rings. The molecule has 0 aliphatic rings. The molecule has 0 aliphatic heterocycles. The predicted molar refractivity (Wildman–Crippen MR) is 35.2 cm³/mol. The Labute approximate surface area is 54.3 Å². The maximum absolute atomic E-state index is 5.28. The van der Waals surface area contributed by atoms with Crippen LogP contribution >= 0.6 is 0 Å². The summed E-state index contributed by atoms with van der Waals surface area (Å²) in [4.78, 5) is 0. The quantitative estimate of drug-likeness (QED) is 0.317. The fourth-order valence-electron chi connectivity index (χ4n) is 0.308. The molecule has 0 saturated heterocycles. The molecule has 0 amide bonds. The molecule has 0 spiro atoms. The molecular weight excluding hydrogens is 120 g/mol. The Balaban J connectivity index is 3.33. The minimum Gasteiger partial charge on any atom is -0.345 e. The number of ether oxygens (including phenoxy) is 1. The molecule has 8 N–H and O–H groups in total. The van der Waals surface area contributed by atoms with Gasteiger partial charge in [-0.05, 0) is 0 Å². The summed E-state index contributed by atoms with van der Waals surface area (Å²) >= 11 is 0. The largest absolute Gasteiger partial charge is 0.345 e. The van der Waals surface area contributed by atoms with Crippen molar-refractivity contribution in [2.24, 2.45) is 22.9 Å². The number of rotatable bonds is 4. The van der Waals surface area contributed by atoms with Crippen molar-refractivity contribution in [1.29, 1.82) is 0 Å². The Morgan fingerprint density at radius 2 is 1.78 bits per heavy atom. The third-order valence-corrected chi connectivity index (χ3v) is 0.808. The summed E-state index contributed by atoms with van der Waals surface area (Å²) in [5.74, 6) is -1.21.